The molecule has 1 amide bonds. The number of amides is 1. The van der Waals surface area contributed by atoms with Gasteiger partial charge in [0.15, 0.2) is 0 Å². The van der Waals surface area contributed by atoms with Crippen molar-refractivity contribution >= 4 is 23.4 Å². The Bertz CT molecular complexity index is 712. The van der Waals surface area contributed by atoms with Crippen molar-refractivity contribution in [2.45, 2.75) is 6.61 Å². The lowest BCUT2D eigenvalue weighted by molar-refractivity contribution is 0.0702. The molecule has 0 bridgehead atoms. The highest BCUT2D eigenvalue weighted by molar-refractivity contribution is 7.12. The summed E-state index contributed by atoms with van der Waals surface area (Å²) < 4.78 is 5.02. The number of thiophene rings is 1. The Morgan fingerprint density at radius 3 is 2.73 bits per heavy atom. The molecular formula is C16H13NO4S. The zero-order valence-electron chi connectivity index (χ0n) is 11.5. The highest BCUT2D eigenvalue weighted by Crippen LogP contribution is 2.13. The predicted molar refractivity (Wildman–Crippen MR) is 82.8 cm³/mol. The van der Waals surface area contributed by atoms with E-state index in [9.17, 15) is 9.59 Å². The number of ether oxygens (including phenoxy) is 1. The first-order chi connectivity index (χ1) is 10.6. The lowest BCUT2D eigenvalue weighted by atomic mass is 10.2. The van der Waals surface area contributed by atoms with Gasteiger partial charge in [-0.2, -0.15) is 0 Å². The molecule has 22 heavy (non-hydrogen) atoms. The number of hydrogen-bond acceptors (Lipinski definition) is 4. The third-order valence-electron chi connectivity index (χ3n) is 2.58. The molecule has 0 unspecified atom stereocenters. The first-order valence-electron chi connectivity index (χ1n) is 6.40. The summed E-state index contributed by atoms with van der Waals surface area (Å²) in [5, 5.41) is 12.9. The van der Waals surface area contributed by atoms with Gasteiger partial charge in [-0.05, 0) is 11.6 Å². The van der Waals surface area contributed by atoms with Crippen molar-refractivity contribution in [1.29, 1.82) is 0 Å². The van der Waals surface area contributed by atoms with Gasteiger partial charge in [0.25, 0.3) is 0 Å². The molecule has 0 aliphatic rings. The molecule has 0 saturated carbocycles. The van der Waals surface area contributed by atoms with Crippen LogP contribution in [-0.2, 0) is 11.3 Å². The topological polar surface area (TPSA) is 75.6 Å². The highest BCUT2D eigenvalue weighted by Gasteiger charge is 2.04. The van der Waals surface area contributed by atoms with E-state index in [0.29, 0.717) is 5.56 Å². The first kappa shape index (κ1) is 15.6. The number of nitrogens with one attached hydrogen (secondary N) is 1. The van der Waals surface area contributed by atoms with Gasteiger partial charge < -0.3 is 15.2 Å². The Hall–Kier alpha value is -2.78. The van der Waals surface area contributed by atoms with Crippen molar-refractivity contribution < 1.29 is 19.4 Å². The Morgan fingerprint density at radius 1 is 1.27 bits per heavy atom. The number of alkyl carbamates (subject to hydrolysis) is 1. The summed E-state index contributed by atoms with van der Waals surface area (Å²) in [5.41, 5.74) is 1.52. The van der Waals surface area contributed by atoms with Crippen molar-refractivity contribution in [3.05, 3.63) is 57.8 Å². The molecule has 0 fully saturated rings. The van der Waals surface area contributed by atoms with Crippen LogP contribution in [-0.4, -0.2) is 23.7 Å². The minimum atomic E-state index is -0.972. The average molecular weight is 315 g/mol. The van der Waals surface area contributed by atoms with Crippen LogP contribution < -0.4 is 5.32 Å². The second kappa shape index (κ2) is 7.86. The van der Waals surface area contributed by atoms with Crippen LogP contribution in [0.5, 0.6) is 0 Å². The maximum Gasteiger partial charge on any atom is 0.408 e. The molecule has 2 aromatic rings. The summed E-state index contributed by atoms with van der Waals surface area (Å²) in [5.74, 6) is 4.54. The van der Waals surface area contributed by atoms with E-state index in [1.54, 1.807) is 5.38 Å². The third-order valence-corrected chi connectivity index (χ3v) is 3.50. The van der Waals surface area contributed by atoms with E-state index in [2.05, 4.69) is 17.2 Å². The first-order valence-corrected chi connectivity index (χ1v) is 7.28. The quantitative estimate of drug-likeness (QED) is 0.851. The van der Waals surface area contributed by atoms with Gasteiger partial charge in [-0.3, -0.25) is 0 Å². The SMILES string of the molecule is O=C(NCC#Cc1csc(C(=O)O)c1)OCc1ccccc1. The smallest absolute Gasteiger partial charge is 0.408 e. The molecule has 5 nitrogen and oxygen atoms in total. The fraction of sp³-hybridized carbons (Fsp3) is 0.125. The molecule has 6 heteroatoms. The van der Waals surface area contributed by atoms with Crippen molar-refractivity contribution in [2.24, 2.45) is 0 Å². The lowest BCUT2D eigenvalue weighted by Crippen LogP contribution is -2.24. The fourth-order valence-corrected chi connectivity index (χ4v) is 2.23. The van der Waals surface area contributed by atoms with E-state index in [1.807, 2.05) is 30.3 Å². The number of hydrogen-bond donors (Lipinski definition) is 2. The normalized spacial score (nSPS) is 9.45. The van der Waals surface area contributed by atoms with Crippen LogP contribution in [0, 0.1) is 11.8 Å². The van der Waals surface area contributed by atoms with E-state index in [-0.39, 0.29) is 18.0 Å². The van der Waals surface area contributed by atoms with Crippen molar-refractivity contribution in [3.8, 4) is 11.8 Å². The number of benzene rings is 1. The maximum atomic E-state index is 11.4. The third kappa shape index (κ3) is 4.96. The molecule has 0 aliphatic heterocycles. The lowest BCUT2D eigenvalue weighted by Gasteiger charge is -2.04. The van der Waals surface area contributed by atoms with E-state index in [0.717, 1.165) is 16.9 Å². The monoisotopic (exact) mass is 315 g/mol. The zero-order chi connectivity index (χ0) is 15.8. The summed E-state index contributed by atoms with van der Waals surface area (Å²) in [6, 6.07) is 10.9. The van der Waals surface area contributed by atoms with E-state index in [4.69, 9.17) is 9.84 Å². The van der Waals surface area contributed by atoms with Gasteiger partial charge in [-0.25, -0.2) is 9.59 Å². The molecule has 0 aliphatic carbocycles. The minimum absolute atomic E-state index is 0.131. The molecule has 0 atom stereocenters. The summed E-state index contributed by atoms with van der Waals surface area (Å²) in [4.78, 5) is 22.4. The molecule has 0 saturated heterocycles. The number of carboxylic acids is 1. The molecule has 112 valence electrons. The number of carbonyl (C=O) groups is 2. The van der Waals surface area contributed by atoms with Crippen LogP contribution in [0.25, 0.3) is 0 Å². The Morgan fingerprint density at radius 2 is 2.05 bits per heavy atom. The largest absolute Gasteiger partial charge is 0.477 e. The van der Waals surface area contributed by atoms with Crippen molar-refractivity contribution in [3.63, 3.8) is 0 Å². The van der Waals surface area contributed by atoms with Gasteiger partial charge in [0.05, 0.1) is 6.54 Å². The maximum absolute atomic E-state index is 11.4. The van der Waals surface area contributed by atoms with E-state index >= 15 is 0 Å². The van der Waals surface area contributed by atoms with Crippen LogP contribution in [0.1, 0.15) is 20.8 Å². The van der Waals surface area contributed by atoms with Crippen molar-refractivity contribution in [2.75, 3.05) is 6.54 Å². The van der Waals surface area contributed by atoms with Crippen LogP contribution in [0.4, 0.5) is 4.79 Å². The van der Waals surface area contributed by atoms with E-state index < -0.39 is 12.1 Å². The van der Waals surface area contributed by atoms with Gasteiger partial charge in [-0.1, -0.05) is 42.2 Å². The van der Waals surface area contributed by atoms with E-state index in [1.165, 1.54) is 6.07 Å². The summed E-state index contributed by atoms with van der Waals surface area (Å²) in [6.07, 6.45) is -0.547. The number of carboxylic acid groups (broad SMARTS) is 1. The van der Waals surface area contributed by atoms with Gasteiger partial charge in [0, 0.05) is 10.9 Å². The second-order valence-corrected chi connectivity index (χ2v) is 5.13. The average Bonchev–Trinajstić information content (AvgIpc) is 3.00. The second-order valence-electron chi connectivity index (χ2n) is 4.22. The van der Waals surface area contributed by atoms with Crippen LogP contribution in [0.2, 0.25) is 0 Å². The number of rotatable bonds is 4. The molecule has 1 aromatic carbocycles. The van der Waals surface area contributed by atoms with Gasteiger partial charge in [-0.15, -0.1) is 11.3 Å². The zero-order valence-corrected chi connectivity index (χ0v) is 12.4. The van der Waals surface area contributed by atoms with Gasteiger partial charge >= 0.3 is 12.1 Å². The molecule has 2 N–H and O–H groups in total. The summed E-state index contributed by atoms with van der Waals surface area (Å²) in [7, 11) is 0. The Balaban J connectivity index is 1.73. The Kier molecular flexibility index (Phi) is 5.57. The fourth-order valence-electron chi connectivity index (χ4n) is 1.55. The van der Waals surface area contributed by atoms with Gasteiger partial charge in [0.2, 0.25) is 0 Å². The molecule has 0 radical (unpaired) electrons. The summed E-state index contributed by atoms with van der Waals surface area (Å²) >= 11 is 1.11. The molecule has 2 rings (SSSR count). The van der Waals surface area contributed by atoms with Crippen molar-refractivity contribution in [1.82, 2.24) is 5.32 Å². The molecular weight excluding hydrogens is 302 g/mol. The van der Waals surface area contributed by atoms with Gasteiger partial charge in [0.1, 0.15) is 11.5 Å². The number of aromatic carboxylic acids is 1. The minimum Gasteiger partial charge on any atom is -0.477 e. The highest BCUT2D eigenvalue weighted by atomic mass is 32.1. The Labute approximate surface area is 131 Å². The standard InChI is InChI=1S/C16H13NO4S/c18-15(19)14-9-13(11-22-14)7-4-8-17-16(20)21-10-12-5-2-1-3-6-12/h1-3,5-6,9,11H,8,10H2,(H,17,20)(H,18,19). The summed E-state index contributed by atoms with van der Waals surface area (Å²) in [6.45, 7) is 0.332. The molecule has 1 heterocycles. The van der Waals surface area contributed by atoms with Crippen LogP contribution in [0.15, 0.2) is 41.8 Å². The number of carbonyl (C=O) groups excluding carboxylic acids is 1. The predicted octanol–water partition coefficient (Wildman–Crippen LogP) is 2.72. The molecule has 0 spiro atoms. The van der Waals surface area contributed by atoms with Crippen LogP contribution >= 0.6 is 11.3 Å². The van der Waals surface area contributed by atoms with Crippen LogP contribution in [0.3, 0.4) is 0 Å². The molecule has 1 aromatic heterocycles.